The van der Waals surface area contributed by atoms with Gasteiger partial charge in [0.15, 0.2) is 5.43 Å². The molecule has 9 N–H and O–H groups in total. The molecule has 2 fully saturated rings. The maximum absolute atomic E-state index is 13.2. The van der Waals surface area contributed by atoms with E-state index in [0.29, 0.717) is 5.56 Å². The summed E-state index contributed by atoms with van der Waals surface area (Å²) >= 11 is 0. The average molecular weight is 579 g/mol. The summed E-state index contributed by atoms with van der Waals surface area (Å²) in [6, 6.07) is 7.94. The minimum Gasteiger partial charge on any atom is -0.508 e. The largest absolute Gasteiger partial charge is 0.508 e. The number of fused-ring (bicyclic) bond motifs is 1. The molecule has 14 nitrogen and oxygen atoms in total. The van der Waals surface area contributed by atoms with Crippen LogP contribution in [-0.2, 0) is 9.47 Å². The Morgan fingerprint density at radius 2 is 1.49 bits per heavy atom. The molecule has 2 aliphatic heterocycles. The lowest BCUT2D eigenvalue weighted by Crippen LogP contribution is -2.60. The third-order valence-corrected chi connectivity index (χ3v) is 7.37. The Bertz CT molecular complexity index is 1450. The van der Waals surface area contributed by atoms with Crippen LogP contribution in [0.2, 0.25) is 0 Å². The van der Waals surface area contributed by atoms with E-state index in [1.807, 2.05) is 0 Å². The molecule has 2 aromatic carbocycles. The number of aliphatic hydroxyl groups is 7. The number of phenols is 2. The van der Waals surface area contributed by atoms with Gasteiger partial charge in [0, 0.05) is 17.7 Å². The number of aliphatic hydroxyl groups excluding tert-OH is 7. The Morgan fingerprint density at radius 1 is 0.829 bits per heavy atom. The molecule has 0 saturated carbocycles. The van der Waals surface area contributed by atoms with E-state index in [1.165, 1.54) is 31.2 Å². The number of rotatable bonds is 5. The van der Waals surface area contributed by atoms with Crippen LogP contribution in [0, 0.1) is 0 Å². The van der Waals surface area contributed by atoms with Gasteiger partial charge in [-0.3, -0.25) is 4.79 Å². The van der Waals surface area contributed by atoms with Gasteiger partial charge in [-0.05, 0) is 31.2 Å². The van der Waals surface area contributed by atoms with Crippen molar-refractivity contribution in [3.05, 3.63) is 52.2 Å². The molecule has 0 amide bonds. The summed E-state index contributed by atoms with van der Waals surface area (Å²) in [7, 11) is 0. The standard InChI is InChI=1S/C27H30O14/c1-9-19(31)22(34)24(36)26(38-9)18-15(40-27-25(37)23(35)20(32)16(8-28)41-27)7-14-17(21(18)33)12(30)6-13(39-14)10-2-4-11(29)5-3-10/h2-7,9,16,19-20,22-29,31-37H,8H2,1H3/t9-,16?,19-,20+,22?,23-,24?,25?,26-,27+/m0/s1. The molecule has 41 heavy (non-hydrogen) atoms. The minimum atomic E-state index is -1.86. The van der Waals surface area contributed by atoms with Gasteiger partial charge in [0.05, 0.1) is 18.3 Å². The summed E-state index contributed by atoms with van der Waals surface area (Å²) in [5, 5.41) is 92.4. The van der Waals surface area contributed by atoms with E-state index in [9.17, 15) is 50.8 Å². The lowest BCUT2D eigenvalue weighted by atomic mass is 9.90. The van der Waals surface area contributed by atoms with E-state index >= 15 is 0 Å². The van der Waals surface area contributed by atoms with Crippen molar-refractivity contribution in [2.24, 2.45) is 0 Å². The van der Waals surface area contributed by atoms with Crippen LogP contribution in [-0.4, -0.2) is 108 Å². The molecular formula is C27H30O14. The van der Waals surface area contributed by atoms with Gasteiger partial charge < -0.3 is 64.6 Å². The highest BCUT2D eigenvalue weighted by molar-refractivity contribution is 5.88. The fourth-order valence-corrected chi connectivity index (χ4v) is 5.01. The Labute approximate surface area is 231 Å². The predicted molar refractivity (Wildman–Crippen MR) is 137 cm³/mol. The molecule has 0 radical (unpaired) electrons. The molecule has 2 saturated heterocycles. The maximum atomic E-state index is 13.2. The molecule has 2 aliphatic rings. The number of phenolic OH excluding ortho intramolecular Hbond substituents is 2. The molecule has 222 valence electrons. The van der Waals surface area contributed by atoms with E-state index in [1.54, 1.807) is 0 Å². The van der Waals surface area contributed by atoms with Crippen molar-refractivity contribution in [2.45, 2.75) is 68.1 Å². The lowest BCUT2D eigenvalue weighted by molar-refractivity contribution is -0.278. The van der Waals surface area contributed by atoms with Crippen molar-refractivity contribution in [1.82, 2.24) is 0 Å². The van der Waals surface area contributed by atoms with Crippen LogP contribution in [0.4, 0.5) is 0 Å². The Balaban J connectivity index is 1.68. The highest BCUT2D eigenvalue weighted by Gasteiger charge is 2.47. The summed E-state index contributed by atoms with van der Waals surface area (Å²) in [4.78, 5) is 13.2. The van der Waals surface area contributed by atoms with Gasteiger partial charge in [-0.1, -0.05) is 0 Å². The average Bonchev–Trinajstić information content (AvgIpc) is 2.94. The van der Waals surface area contributed by atoms with Crippen molar-refractivity contribution < 1.29 is 64.6 Å². The van der Waals surface area contributed by atoms with E-state index in [4.69, 9.17) is 18.6 Å². The molecular weight excluding hydrogens is 548 g/mol. The first kappa shape index (κ1) is 29.2. The van der Waals surface area contributed by atoms with Gasteiger partial charge in [-0.25, -0.2) is 0 Å². The second-order valence-corrected chi connectivity index (χ2v) is 10.1. The van der Waals surface area contributed by atoms with Crippen LogP contribution in [0.1, 0.15) is 18.6 Å². The fourth-order valence-electron chi connectivity index (χ4n) is 5.01. The zero-order chi connectivity index (χ0) is 29.7. The highest BCUT2D eigenvalue weighted by Crippen LogP contribution is 2.46. The first-order valence-corrected chi connectivity index (χ1v) is 12.7. The van der Waals surface area contributed by atoms with E-state index in [2.05, 4.69) is 0 Å². The number of benzene rings is 2. The third kappa shape index (κ3) is 5.14. The molecule has 4 unspecified atom stereocenters. The Hall–Kier alpha value is -3.31. The van der Waals surface area contributed by atoms with Crippen LogP contribution < -0.4 is 10.2 Å². The second-order valence-electron chi connectivity index (χ2n) is 10.1. The lowest BCUT2D eigenvalue weighted by Gasteiger charge is -2.41. The molecule has 3 heterocycles. The predicted octanol–water partition coefficient (Wildman–Crippen LogP) is -1.41. The molecule has 0 aliphatic carbocycles. The molecule has 5 rings (SSSR count). The van der Waals surface area contributed by atoms with E-state index in [0.717, 1.165) is 12.1 Å². The zero-order valence-corrected chi connectivity index (χ0v) is 21.5. The van der Waals surface area contributed by atoms with Crippen LogP contribution >= 0.6 is 0 Å². The summed E-state index contributed by atoms with van der Waals surface area (Å²) in [6.07, 6.45) is -16.1. The molecule has 0 spiro atoms. The van der Waals surface area contributed by atoms with Crippen molar-refractivity contribution in [1.29, 1.82) is 0 Å². The number of aromatic hydroxyl groups is 2. The van der Waals surface area contributed by atoms with Crippen LogP contribution in [0.5, 0.6) is 17.2 Å². The molecule has 10 atom stereocenters. The highest BCUT2D eigenvalue weighted by atomic mass is 16.7. The summed E-state index contributed by atoms with van der Waals surface area (Å²) in [5.74, 6) is -1.13. The molecule has 14 heteroatoms. The van der Waals surface area contributed by atoms with E-state index in [-0.39, 0.29) is 33.8 Å². The Morgan fingerprint density at radius 3 is 2.15 bits per heavy atom. The molecule has 1 aromatic heterocycles. The van der Waals surface area contributed by atoms with Gasteiger partial charge in [0.2, 0.25) is 6.29 Å². The monoisotopic (exact) mass is 578 g/mol. The minimum absolute atomic E-state index is 0.0260. The summed E-state index contributed by atoms with van der Waals surface area (Å²) < 4.78 is 22.8. The van der Waals surface area contributed by atoms with E-state index < -0.39 is 79.0 Å². The van der Waals surface area contributed by atoms with Crippen LogP contribution in [0.3, 0.4) is 0 Å². The summed E-state index contributed by atoms with van der Waals surface area (Å²) in [5.41, 5.74) is -0.907. The zero-order valence-electron chi connectivity index (χ0n) is 21.5. The second kappa shape index (κ2) is 11.2. The quantitative estimate of drug-likeness (QED) is 0.169. The number of hydrogen-bond donors (Lipinski definition) is 9. The normalized spacial score (nSPS) is 34.0. The van der Waals surface area contributed by atoms with Crippen LogP contribution in [0.15, 0.2) is 45.6 Å². The van der Waals surface area contributed by atoms with Crippen molar-refractivity contribution >= 4 is 11.0 Å². The van der Waals surface area contributed by atoms with Crippen LogP contribution in [0.25, 0.3) is 22.3 Å². The Kier molecular flexibility index (Phi) is 7.95. The smallest absolute Gasteiger partial charge is 0.229 e. The fraction of sp³-hybridized carbons (Fsp3) is 0.444. The summed E-state index contributed by atoms with van der Waals surface area (Å²) in [6.45, 7) is 0.652. The van der Waals surface area contributed by atoms with Gasteiger partial charge in [0.25, 0.3) is 0 Å². The molecule has 0 bridgehead atoms. The van der Waals surface area contributed by atoms with Gasteiger partial charge >= 0.3 is 0 Å². The first-order valence-electron chi connectivity index (χ1n) is 12.7. The topological polar surface area (TPSA) is 240 Å². The third-order valence-electron chi connectivity index (χ3n) is 7.37. The van der Waals surface area contributed by atoms with Crippen molar-refractivity contribution in [2.75, 3.05) is 6.61 Å². The molecule has 3 aromatic rings. The van der Waals surface area contributed by atoms with Gasteiger partial charge in [0.1, 0.15) is 82.8 Å². The maximum Gasteiger partial charge on any atom is 0.229 e. The van der Waals surface area contributed by atoms with Crippen molar-refractivity contribution in [3.8, 4) is 28.6 Å². The van der Waals surface area contributed by atoms with Crippen molar-refractivity contribution in [3.63, 3.8) is 0 Å². The SMILES string of the molecule is C[C@@H]1O[C@@H](c2c(O[C@@H]3OC(CO)[C@@H](O)[C@H](O)C3O)cc3oc(-c4ccc(O)cc4)cc(=O)c3c2O)C(O)C(O)[C@H]1O. The number of hydrogen-bond acceptors (Lipinski definition) is 14. The first-order chi connectivity index (χ1) is 19.4. The van der Waals surface area contributed by atoms with Gasteiger partial charge in [-0.2, -0.15) is 0 Å². The van der Waals surface area contributed by atoms with Gasteiger partial charge in [-0.15, -0.1) is 0 Å². The number of ether oxygens (including phenoxy) is 3.